The van der Waals surface area contributed by atoms with Gasteiger partial charge in [-0.05, 0) is 37.1 Å². The average Bonchev–Trinajstić information content (AvgIpc) is 2.88. The van der Waals surface area contributed by atoms with Gasteiger partial charge in [0.15, 0.2) is 0 Å². The number of aromatic nitrogens is 2. The summed E-state index contributed by atoms with van der Waals surface area (Å²) in [4.78, 5) is 0. The first kappa shape index (κ1) is 15.0. The van der Waals surface area contributed by atoms with E-state index in [2.05, 4.69) is 15.5 Å². The van der Waals surface area contributed by atoms with Crippen LogP contribution in [0.4, 0.5) is 0 Å². The van der Waals surface area contributed by atoms with E-state index in [1.807, 2.05) is 24.3 Å². The minimum absolute atomic E-state index is 0.556. The van der Waals surface area contributed by atoms with E-state index in [1.54, 1.807) is 7.11 Å². The summed E-state index contributed by atoms with van der Waals surface area (Å²) in [6.07, 6.45) is 7.86. The molecule has 2 aromatic rings. The second-order valence-electron chi connectivity index (χ2n) is 5.80. The Morgan fingerprint density at radius 3 is 2.50 bits per heavy atom. The van der Waals surface area contributed by atoms with Crippen LogP contribution in [0.25, 0.3) is 11.5 Å². The molecule has 1 saturated carbocycles. The molecule has 0 aliphatic heterocycles. The van der Waals surface area contributed by atoms with Crippen molar-refractivity contribution in [3.8, 4) is 17.2 Å². The maximum absolute atomic E-state index is 5.74. The Morgan fingerprint density at radius 2 is 1.82 bits per heavy atom. The molecule has 1 aromatic heterocycles. The highest BCUT2D eigenvalue weighted by atomic mass is 16.5. The summed E-state index contributed by atoms with van der Waals surface area (Å²) in [5.74, 6) is 2.02. The fourth-order valence-electron chi connectivity index (χ4n) is 2.89. The van der Waals surface area contributed by atoms with Gasteiger partial charge in [0.2, 0.25) is 11.8 Å². The Labute approximate surface area is 131 Å². The van der Waals surface area contributed by atoms with Crippen molar-refractivity contribution in [3.05, 3.63) is 30.2 Å². The van der Waals surface area contributed by atoms with Gasteiger partial charge in [-0.3, -0.25) is 0 Å². The molecule has 1 aromatic carbocycles. The van der Waals surface area contributed by atoms with Crippen LogP contribution < -0.4 is 10.1 Å². The summed E-state index contributed by atoms with van der Waals surface area (Å²) >= 11 is 0. The molecule has 0 bridgehead atoms. The Balaban J connectivity index is 1.58. The lowest BCUT2D eigenvalue weighted by Crippen LogP contribution is -2.27. The van der Waals surface area contributed by atoms with E-state index in [-0.39, 0.29) is 0 Å². The molecule has 0 amide bonds. The lowest BCUT2D eigenvalue weighted by atomic mass is 10.1. The van der Waals surface area contributed by atoms with E-state index in [0.717, 1.165) is 11.3 Å². The summed E-state index contributed by atoms with van der Waals surface area (Å²) in [7, 11) is 1.65. The highest BCUT2D eigenvalue weighted by Gasteiger charge is 2.14. The van der Waals surface area contributed by atoms with Crippen molar-refractivity contribution in [2.24, 2.45) is 0 Å². The monoisotopic (exact) mass is 301 g/mol. The standard InChI is InChI=1S/C17H23N3O2/c1-21-15-10-8-13(9-11-15)17-20-19-16(22-17)12-18-14-6-4-2-3-5-7-14/h8-11,14,18H,2-7,12H2,1H3. The largest absolute Gasteiger partial charge is 0.497 e. The molecule has 5 heteroatoms. The van der Waals surface area contributed by atoms with Crippen LogP contribution in [0.2, 0.25) is 0 Å². The van der Waals surface area contributed by atoms with Crippen LogP contribution in [0.1, 0.15) is 44.4 Å². The van der Waals surface area contributed by atoms with E-state index in [1.165, 1.54) is 38.5 Å². The number of nitrogens with zero attached hydrogens (tertiary/aromatic N) is 2. The fraction of sp³-hybridized carbons (Fsp3) is 0.529. The first-order chi connectivity index (χ1) is 10.8. The van der Waals surface area contributed by atoms with Gasteiger partial charge in [0, 0.05) is 11.6 Å². The number of benzene rings is 1. The van der Waals surface area contributed by atoms with Gasteiger partial charge in [0.25, 0.3) is 0 Å². The van der Waals surface area contributed by atoms with Gasteiger partial charge in [0.1, 0.15) is 5.75 Å². The van der Waals surface area contributed by atoms with Crippen LogP contribution in [0.15, 0.2) is 28.7 Å². The molecule has 3 rings (SSSR count). The number of hydrogen-bond donors (Lipinski definition) is 1. The van der Waals surface area contributed by atoms with Crippen LogP contribution in [-0.4, -0.2) is 23.3 Å². The Morgan fingerprint density at radius 1 is 1.09 bits per heavy atom. The predicted molar refractivity (Wildman–Crippen MR) is 84.6 cm³/mol. The molecule has 0 spiro atoms. The number of methoxy groups -OCH3 is 1. The summed E-state index contributed by atoms with van der Waals surface area (Å²) in [5, 5.41) is 11.8. The van der Waals surface area contributed by atoms with Crippen molar-refractivity contribution in [2.45, 2.75) is 51.1 Å². The van der Waals surface area contributed by atoms with Crippen molar-refractivity contribution >= 4 is 0 Å². The molecule has 0 unspecified atom stereocenters. The van der Waals surface area contributed by atoms with E-state index in [4.69, 9.17) is 9.15 Å². The number of hydrogen-bond acceptors (Lipinski definition) is 5. The molecule has 1 aliphatic rings. The first-order valence-electron chi connectivity index (χ1n) is 8.05. The van der Waals surface area contributed by atoms with Crippen molar-refractivity contribution in [1.29, 1.82) is 0 Å². The van der Waals surface area contributed by atoms with Gasteiger partial charge in [-0.2, -0.15) is 0 Å². The lowest BCUT2D eigenvalue weighted by molar-refractivity contribution is 0.411. The van der Waals surface area contributed by atoms with Gasteiger partial charge >= 0.3 is 0 Å². The van der Waals surface area contributed by atoms with Gasteiger partial charge < -0.3 is 14.5 Å². The molecule has 5 nitrogen and oxygen atoms in total. The highest BCUT2D eigenvalue weighted by molar-refractivity contribution is 5.53. The summed E-state index contributed by atoms with van der Waals surface area (Å²) in [6, 6.07) is 8.22. The smallest absolute Gasteiger partial charge is 0.247 e. The molecule has 22 heavy (non-hydrogen) atoms. The molecule has 1 heterocycles. The molecule has 1 N–H and O–H groups in total. The van der Waals surface area contributed by atoms with Gasteiger partial charge in [0.05, 0.1) is 13.7 Å². The fourth-order valence-corrected chi connectivity index (χ4v) is 2.89. The minimum atomic E-state index is 0.556. The topological polar surface area (TPSA) is 60.2 Å². The van der Waals surface area contributed by atoms with Gasteiger partial charge in [-0.25, -0.2) is 0 Å². The van der Waals surface area contributed by atoms with Gasteiger partial charge in [-0.1, -0.05) is 25.7 Å². The number of rotatable bonds is 5. The zero-order valence-electron chi connectivity index (χ0n) is 13.0. The van der Waals surface area contributed by atoms with Crippen LogP contribution in [-0.2, 0) is 6.54 Å². The lowest BCUT2D eigenvalue weighted by Gasteiger charge is -2.14. The van der Waals surface area contributed by atoms with E-state index in [9.17, 15) is 0 Å². The molecule has 0 atom stereocenters. The average molecular weight is 301 g/mol. The van der Waals surface area contributed by atoms with Crippen LogP contribution >= 0.6 is 0 Å². The third-order valence-electron chi connectivity index (χ3n) is 4.20. The molecular formula is C17H23N3O2. The second-order valence-corrected chi connectivity index (χ2v) is 5.80. The van der Waals surface area contributed by atoms with Crippen LogP contribution in [0.5, 0.6) is 5.75 Å². The SMILES string of the molecule is COc1ccc(-c2nnc(CNC3CCCCCC3)o2)cc1. The highest BCUT2D eigenvalue weighted by Crippen LogP contribution is 2.21. The maximum atomic E-state index is 5.74. The molecule has 118 valence electrons. The Bertz CT molecular complexity index is 572. The number of nitrogens with one attached hydrogen (secondary N) is 1. The van der Waals surface area contributed by atoms with E-state index >= 15 is 0 Å². The summed E-state index contributed by atoms with van der Waals surface area (Å²) in [5.41, 5.74) is 0.911. The van der Waals surface area contributed by atoms with Gasteiger partial charge in [-0.15, -0.1) is 10.2 Å². The van der Waals surface area contributed by atoms with Crippen molar-refractivity contribution in [2.75, 3.05) is 7.11 Å². The van der Waals surface area contributed by atoms with Crippen molar-refractivity contribution < 1.29 is 9.15 Å². The zero-order valence-corrected chi connectivity index (χ0v) is 13.0. The predicted octanol–water partition coefficient (Wildman–Crippen LogP) is 3.56. The zero-order chi connectivity index (χ0) is 15.2. The van der Waals surface area contributed by atoms with Crippen LogP contribution in [0.3, 0.4) is 0 Å². The normalized spacial score (nSPS) is 16.4. The second kappa shape index (κ2) is 7.40. The van der Waals surface area contributed by atoms with Crippen LogP contribution in [0, 0.1) is 0 Å². The summed E-state index contributed by atoms with van der Waals surface area (Å²) in [6.45, 7) is 0.647. The quantitative estimate of drug-likeness (QED) is 0.856. The van der Waals surface area contributed by atoms with Crippen molar-refractivity contribution in [3.63, 3.8) is 0 Å². The molecule has 0 saturated heterocycles. The molecule has 1 fully saturated rings. The number of ether oxygens (including phenoxy) is 1. The third kappa shape index (κ3) is 3.85. The molecule has 0 radical (unpaired) electrons. The molecular weight excluding hydrogens is 278 g/mol. The Kier molecular flexibility index (Phi) is 5.06. The minimum Gasteiger partial charge on any atom is -0.497 e. The first-order valence-corrected chi connectivity index (χ1v) is 8.05. The van der Waals surface area contributed by atoms with E-state index < -0.39 is 0 Å². The molecule has 1 aliphatic carbocycles. The third-order valence-corrected chi connectivity index (χ3v) is 4.20. The van der Waals surface area contributed by atoms with Crippen molar-refractivity contribution in [1.82, 2.24) is 15.5 Å². The van der Waals surface area contributed by atoms with E-state index in [0.29, 0.717) is 24.4 Å². The maximum Gasteiger partial charge on any atom is 0.247 e. The summed E-state index contributed by atoms with van der Waals surface area (Å²) < 4.78 is 10.9. The Hall–Kier alpha value is -1.88.